The maximum atomic E-state index is 12.5. The Hall–Kier alpha value is -2.10. The monoisotopic (exact) mass is 270 g/mol. The van der Waals surface area contributed by atoms with Crippen LogP contribution < -0.4 is 5.32 Å². The summed E-state index contributed by atoms with van der Waals surface area (Å²) in [6.45, 7) is 4.05. The minimum Gasteiger partial charge on any atom is -0.322 e. The van der Waals surface area contributed by atoms with Gasteiger partial charge in [-0.1, -0.05) is 30.4 Å². The lowest BCUT2D eigenvalue weighted by Gasteiger charge is -2.20. The number of carbonyl (C=O) groups is 2. The summed E-state index contributed by atoms with van der Waals surface area (Å²) < 4.78 is 0. The second kappa shape index (κ2) is 4.78. The molecule has 1 fully saturated rings. The summed E-state index contributed by atoms with van der Waals surface area (Å²) in [4.78, 5) is 26.0. The minimum absolute atomic E-state index is 0.0148. The normalized spacial score (nSPS) is 22.7. The molecule has 1 unspecified atom stereocenters. The number of benzene rings is 1. The Bertz CT molecular complexity index is 598. The molecule has 0 spiro atoms. The molecule has 1 N–H and O–H groups in total. The number of carbonyl (C=O) groups excluding carboxylic acids is 2. The van der Waals surface area contributed by atoms with Gasteiger partial charge in [-0.25, -0.2) is 4.79 Å². The highest BCUT2D eigenvalue weighted by Gasteiger charge is 2.42. The number of hydrogen-bond donors (Lipinski definition) is 1. The fourth-order valence-corrected chi connectivity index (χ4v) is 2.82. The molecule has 1 atom stereocenters. The van der Waals surface area contributed by atoms with Gasteiger partial charge in [-0.05, 0) is 43.4 Å². The number of amides is 3. The molecule has 0 aromatic heterocycles. The van der Waals surface area contributed by atoms with E-state index in [9.17, 15) is 9.59 Å². The number of hydrogen-bond acceptors (Lipinski definition) is 2. The van der Waals surface area contributed by atoms with E-state index in [2.05, 4.69) is 5.32 Å². The van der Waals surface area contributed by atoms with Gasteiger partial charge < -0.3 is 5.32 Å². The van der Waals surface area contributed by atoms with Crippen molar-refractivity contribution in [3.8, 4) is 0 Å². The SMILES string of the molecule is Cc1ccc(C2NC(=O)N(C3CC=CC3)C2=O)cc1C. The Balaban J connectivity index is 1.86. The van der Waals surface area contributed by atoms with E-state index in [-0.39, 0.29) is 18.0 Å². The number of nitrogens with one attached hydrogen (secondary N) is 1. The largest absolute Gasteiger partial charge is 0.325 e. The van der Waals surface area contributed by atoms with Crippen LogP contribution in [0.15, 0.2) is 30.4 Å². The van der Waals surface area contributed by atoms with Gasteiger partial charge in [-0.3, -0.25) is 9.69 Å². The summed E-state index contributed by atoms with van der Waals surface area (Å²) >= 11 is 0. The number of rotatable bonds is 2. The van der Waals surface area contributed by atoms with E-state index < -0.39 is 6.04 Å². The lowest BCUT2D eigenvalue weighted by atomic mass is 10.0. The average molecular weight is 270 g/mol. The van der Waals surface area contributed by atoms with Gasteiger partial charge in [0.2, 0.25) is 0 Å². The Morgan fingerprint density at radius 2 is 1.80 bits per heavy atom. The minimum atomic E-state index is -0.539. The summed E-state index contributed by atoms with van der Waals surface area (Å²) in [5.41, 5.74) is 3.17. The van der Waals surface area contributed by atoms with Crippen molar-refractivity contribution < 1.29 is 9.59 Å². The van der Waals surface area contributed by atoms with Crippen molar-refractivity contribution >= 4 is 11.9 Å². The third kappa shape index (κ3) is 2.01. The first-order valence-electron chi connectivity index (χ1n) is 6.93. The maximum Gasteiger partial charge on any atom is 0.325 e. The Morgan fingerprint density at radius 1 is 1.10 bits per heavy atom. The summed E-state index contributed by atoms with van der Waals surface area (Å²) in [6.07, 6.45) is 5.57. The second-order valence-electron chi connectivity index (χ2n) is 5.53. The molecule has 0 bridgehead atoms. The molecule has 1 heterocycles. The predicted octanol–water partition coefficient (Wildman–Crippen LogP) is 2.61. The number of nitrogens with zero attached hydrogens (tertiary/aromatic N) is 1. The van der Waals surface area contributed by atoms with Crippen molar-refractivity contribution in [2.75, 3.05) is 0 Å². The van der Waals surface area contributed by atoms with Crippen LogP contribution in [0.25, 0.3) is 0 Å². The zero-order valence-electron chi connectivity index (χ0n) is 11.7. The van der Waals surface area contributed by atoms with E-state index in [0.717, 1.165) is 24.0 Å². The van der Waals surface area contributed by atoms with Crippen LogP contribution in [0, 0.1) is 13.8 Å². The van der Waals surface area contributed by atoms with Gasteiger partial charge in [-0.15, -0.1) is 0 Å². The summed E-state index contributed by atoms with van der Waals surface area (Å²) in [5, 5.41) is 2.80. The van der Waals surface area contributed by atoms with Crippen molar-refractivity contribution in [2.24, 2.45) is 0 Å². The highest BCUT2D eigenvalue weighted by atomic mass is 16.2. The van der Waals surface area contributed by atoms with Crippen LogP contribution in [-0.2, 0) is 4.79 Å². The van der Waals surface area contributed by atoms with Crippen molar-refractivity contribution in [3.05, 3.63) is 47.0 Å². The number of imide groups is 1. The highest BCUT2D eigenvalue weighted by Crippen LogP contribution is 2.28. The molecular weight excluding hydrogens is 252 g/mol. The van der Waals surface area contributed by atoms with E-state index >= 15 is 0 Å². The smallest absolute Gasteiger partial charge is 0.322 e. The standard InChI is InChI=1S/C16H18N2O2/c1-10-7-8-12(9-11(10)2)14-15(19)18(16(20)17-14)13-5-3-4-6-13/h3-4,7-9,13-14H,5-6H2,1-2H3,(H,17,20). The average Bonchev–Trinajstić information content (AvgIpc) is 3.01. The Kier molecular flexibility index (Phi) is 3.08. The van der Waals surface area contributed by atoms with Crippen molar-refractivity contribution in [1.29, 1.82) is 0 Å². The molecule has 1 aromatic rings. The topological polar surface area (TPSA) is 49.4 Å². The lowest BCUT2D eigenvalue weighted by Crippen LogP contribution is -2.39. The fraction of sp³-hybridized carbons (Fsp3) is 0.375. The first kappa shape index (κ1) is 12.9. The second-order valence-corrected chi connectivity index (χ2v) is 5.53. The summed E-state index contributed by atoms with van der Waals surface area (Å²) in [6, 6.07) is 5.06. The van der Waals surface area contributed by atoms with Crippen LogP contribution in [0.1, 0.15) is 35.6 Å². The van der Waals surface area contributed by atoms with E-state index in [1.54, 1.807) is 0 Å². The highest BCUT2D eigenvalue weighted by molar-refractivity contribution is 6.05. The molecule has 1 aliphatic heterocycles. The van der Waals surface area contributed by atoms with E-state index in [1.807, 2.05) is 44.2 Å². The zero-order chi connectivity index (χ0) is 14.3. The maximum absolute atomic E-state index is 12.5. The fourth-order valence-electron chi connectivity index (χ4n) is 2.82. The van der Waals surface area contributed by atoms with Crippen molar-refractivity contribution in [3.63, 3.8) is 0 Å². The van der Waals surface area contributed by atoms with Gasteiger partial charge >= 0.3 is 6.03 Å². The third-order valence-corrected chi connectivity index (χ3v) is 4.18. The Labute approximate surface area is 118 Å². The molecule has 20 heavy (non-hydrogen) atoms. The summed E-state index contributed by atoms with van der Waals surface area (Å²) in [5.74, 6) is -0.132. The van der Waals surface area contributed by atoms with Crippen LogP contribution >= 0.6 is 0 Å². The molecule has 1 aliphatic carbocycles. The van der Waals surface area contributed by atoms with Crippen molar-refractivity contribution in [2.45, 2.75) is 38.8 Å². The van der Waals surface area contributed by atoms with Gasteiger partial charge in [-0.2, -0.15) is 0 Å². The lowest BCUT2D eigenvalue weighted by molar-refractivity contribution is -0.129. The van der Waals surface area contributed by atoms with Gasteiger partial charge in [0.15, 0.2) is 0 Å². The molecule has 3 rings (SSSR count). The van der Waals surface area contributed by atoms with Crippen LogP contribution in [0.4, 0.5) is 4.79 Å². The van der Waals surface area contributed by atoms with Gasteiger partial charge in [0.25, 0.3) is 5.91 Å². The molecule has 1 aromatic carbocycles. The first-order valence-corrected chi connectivity index (χ1v) is 6.93. The van der Waals surface area contributed by atoms with Gasteiger partial charge in [0.05, 0.1) is 0 Å². The molecule has 2 aliphatic rings. The molecular formula is C16H18N2O2. The van der Waals surface area contributed by atoms with Crippen LogP contribution in [0.3, 0.4) is 0 Å². The molecule has 0 radical (unpaired) electrons. The Morgan fingerprint density at radius 3 is 2.45 bits per heavy atom. The van der Waals surface area contributed by atoms with Crippen LogP contribution in [0.2, 0.25) is 0 Å². The van der Waals surface area contributed by atoms with E-state index in [0.29, 0.717) is 0 Å². The number of urea groups is 1. The molecule has 4 heteroatoms. The quantitative estimate of drug-likeness (QED) is 0.663. The van der Waals surface area contributed by atoms with E-state index in [4.69, 9.17) is 0 Å². The first-order chi connectivity index (χ1) is 9.58. The van der Waals surface area contributed by atoms with E-state index in [1.165, 1.54) is 10.5 Å². The van der Waals surface area contributed by atoms with Gasteiger partial charge in [0, 0.05) is 6.04 Å². The molecule has 0 saturated carbocycles. The van der Waals surface area contributed by atoms with Crippen molar-refractivity contribution in [1.82, 2.24) is 10.2 Å². The molecule has 104 valence electrons. The molecule has 1 saturated heterocycles. The van der Waals surface area contributed by atoms with Gasteiger partial charge in [0.1, 0.15) is 6.04 Å². The molecule has 4 nitrogen and oxygen atoms in total. The van der Waals surface area contributed by atoms with Crippen LogP contribution in [0.5, 0.6) is 0 Å². The summed E-state index contributed by atoms with van der Waals surface area (Å²) in [7, 11) is 0. The van der Waals surface area contributed by atoms with Crippen LogP contribution in [-0.4, -0.2) is 22.9 Å². The zero-order valence-corrected chi connectivity index (χ0v) is 11.7. The number of aryl methyl sites for hydroxylation is 2. The predicted molar refractivity (Wildman–Crippen MR) is 76.2 cm³/mol. The third-order valence-electron chi connectivity index (χ3n) is 4.18. The molecule has 3 amide bonds.